The van der Waals surface area contributed by atoms with Crippen molar-refractivity contribution in [1.82, 2.24) is 0 Å². The van der Waals surface area contributed by atoms with Crippen molar-refractivity contribution in [3.8, 4) is 28.4 Å². The average Bonchev–Trinajstić information content (AvgIpc) is 2.74. The van der Waals surface area contributed by atoms with Gasteiger partial charge < -0.3 is 44.5 Å². The molecule has 3 aromatic rings. The predicted octanol–water partition coefficient (Wildman–Crippen LogP) is 0.142. The van der Waals surface area contributed by atoms with Crippen molar-refractivity contribution in [3.05, 3.63) is 52.9 Å². The molecular weight excluding hydrogens is 428 g/mol. The molecule has 1 aliphatic rings. The second-order valence-corrected chi connectivity index (χ2v) is 7.19. The van der Waals surface area contributed by atoms with Crippen LogP contribution in [0.5, 0.6) is 17.2 Å². The highest BCUT2D eigenvalue weighted by Crippen LogP contribution is 2.31. The molecular formula is C21H18O11. The molecule has 5 atom stereocenters. The smallest absolute Gasteiger partial charge is 0.335 e. The number of phenols is 2. The summed E-state index contributed by atoms with van der Waals surface area (Å²) in [6.45, 7) is 0. The molecule has 11 heteroatoms. The van der Waals surface area contributed by atoms with Crippen LogP contribution in [-0.2, 0) is 9.53 Å². The van der Waals surface area contributed by atoms with Crippen molar-refractivity contribution in [2.75, 3.05) is 0 Å². The standard InChI is InChI=1S/C21H18O11/c22-9-5-12(23)14-13(6-9)30-7-11(15(14)24)8-1-3-10(4-2-8)31-21-18(27)16(25)17(26)19(32-21)20(28)29/h1-7,16-19,21-23,25-27H,(H,28,29)/t16-,17-,18+,19-,21?/m0/s1. The molecule has 0 aliphatic carbocycles. The first kappa shape index (κ1) is 21.6. The number of carboxylic acids is 1. The van der Waals surface area contributed by atoms with E-state index in [2.05, 4.69) is 0 Å². The molecule has 0 saturated carbocycles. The Bertz CT molecular complexity index is 1220. The van der Waals surface area contributed by atoms with Gasteiger partial charge in [0.25, 0.3) is 0 Å². The third kappa shape index (κ3) is 3.74. The van der Waals surface area contributed by atoms with Crippen LogP contribution in [0.15, 0.2) is 51.9 Å². The van der Waals surface area contributed by atoms with E-state index in [9.17, 15) is 35.1 Å². The highest BCUT2D eigenvalue weighted by atomic mass is 16.7. The molecule has 0 bridgehead atoms. The topological polar surface area (TPSA) is 187 Å². The van der Waals surface area contributed by atoms with E-state index >= 15 is 0 Å². The first-order chi connectivity index (χ1) is 15.2. The Balaban J connectivity index is 1.59. The average molecular weight is 446 g/mol. The van der Waals surface area contributed by atoms with E-state index in [0.717, 1.165) is 6.07 Å². The number of rotatable bonds is 4. The Morgan fingerprint density at radius 3 is 2.31 bits per heavy atom. The van der Waals surface area contributed by atoms with E-state index in [4.69, 9.17) is 19.0 Å². The van der Waals surface area contributed by atoms with Gasteiger partial charge in [-0.3, -0.25) is 4.79 Å². The first-order valence-electron chi connectivity index (χ1n) is 9.34. The maximum Gasteiger partial charge on any atom is 0.335 e. The Kier molecular flexibility index (Phi) is 5.48. The highest BCUT2D eigenvalue weighted by molar-refractivity contribution is 5.88. The number of aromatic hydroxyl groups is 2. The lowest BCUT2D eigenvalue weighted by molar-refractivity contribution is -0.271. The molecule has 1 aliphatic heterocycles. The summed E-state index contributed by atoms with van der Waals surface area (Å²) in [5.74, 6) is -2.12. The fraction of sp³-hybridized carbons (Fsp3) is 0.238. The number of carboxylic acid groups (broad SMARTS) is 1. The number of benzene rings is 2. The second-order valence-electron chi connectivity index (χ2n) is 7.19. The Labute approximate surface area is 178 Å². The molecule has 1 fully saturated rings. The molecule has 0 radical (unpaired) electrons. The maximum absolute atomic E-state index is 12.8. The van der Waals surface area contributed by atoms with Crippen molar-refractivity contribution in [1.29, 1.82) is 0 Å². The lowest BCUT2D eigenvalue weighted by Gasteiger charge is -2.38. The summed E-state index contributed by atoms with van der Waals surface area (Å²) >= 11 is 0. The van der Waals surface area contributed by atoms with Crippen LogP contribution in [0.1, 0.15) is 0 Å². The van der Waals surface area contributed by atoms with Gasteiger partial charge in [-0.15, -0.1) is 0 Å². The summed E-state index contributed by atoms with van der Waals surface area (Å²) in [6, 6.07) is 7.96. The van der Waals surface area contributed by atoms with Gasteiger partial charge in [0.05, 0.1) is 5.56 Å². The number of carbonyl (C=O) groups is 1. The van der Waals surface area contributed by atoms with E-state index < -0.39 is 47.9 Å². The van der Waals surface area contributed by atoms with Crippen LogP contribution in [0.25, 0.3) is 22.1 Å². The Hall–Kier alpha value is -3.64. The maximum atomic E-state index is 12.8. The number of ether oxygens (including phenoxy) is 2. The van der Waals surface area contributed by atoms with Crippen LogP contribution < -0.4 is 10.2 Å². The minimum absolute atomic E-state index is 0.00775. The van der Waals surface area contributed by atoms with E-state index in [1.807, 2.05) is 0 Å². The van der Waals surface area contributed by atoms with Gasteiger partial charge in [-0.25, -0.2) is 4.79 Å². The highest BCUT2D eigenvalue weighted by Gasteiger charge is 2.48. The summed E-state index contributed by atoms with van der Waals surface area (Å²) in [7, 11) is 0. The van der Waals surface area contributed by atoms with Gasteiger partial charge in [0.2, 0.25) is 11.7 Å². The number of phenolic OH excluding ortho intramolecular Hbond substituents is 2. The number of aliphatic hydroxyl groups is 3. The summed E-state index contributed by atoms with van der Waals surface area (Å²) in [6.07, 6.45) is -7.56. The van der Waals surface area contributed by atoms with Crippen molar-refractivity contribution in [3.63, 3.8) is 0 Å². The quantitative estimate of drug-likeness (QED) is 0.320. The van der Waals surface area contributed by atoms with E-state index in [1.54, 1.807) is 0 Å². The molecule has 2 heterocycles. The van der Waals surface area contributed by atoms with Crippen LogP contribution >= 0.6 is 0 Å². The zero-order chi connectivity index (χ0) is 23.2. The number of hydrogen-bond donors (Lipinski definition) is 6. The molecule has 0 spiro atoms. The van der Waals surface area contributed by atoms with Crippen molar-refractivity contribution in [2.24, 2.45) is 0 Å². The van der Waals surface area contributed by atoms with Gasteiger partial charge in [-0.1, -0.05) is 12.1 Å². The Morgan fingerprint density at radius 2 is 1.66 bits per heavy atom. The number of hydrogen-bond acceptors (Lipinski definition) is 10. The molecule has 1 aromatic heterocycles. The molecule has 1 saturated heterocycles. The fourth-order valence-corrected chi connectivity index (χ4v) is 3.41. The van der Waals surface area contributed by atoms with Crippen LogP contribution in [0.3, 0.4) is 0 Å². The first-order valence-corrected chi connectivity index (χ1v) is 9.34. The third-order valence-corrected chi connectivity index (χ3v) is 5.07. The largest absolute Gasteiger partial charge is 0.508 e. The molecule has 168 valence electrons. The summed E-state index contributed by atoms with van der Waals surface area (Å²) < 4.78 is 15.8. The SMILES string of the molecule is O=C(O)[C@H]1OC(Oc2ccc(-c3coc4cc(O)cc(O)c4c3=O)cc2)[C@H](O)[C@@H](O)[C@@H]1O. The predicted molar refractivity (Wildman–Crippen MR) is 106 cm³/mol. The Morgan fingerprint density at radius 1 is 0.969 bits per heavy atom. The second kappa shape index (κ2) is 8.13. The van der Waals surface area contributed by atoms with Gasteiger partial charge >= 0.3 is 5.97 Å². The summed E-state index contributed by atoms with van der Waals surface area (Å²) in [4.78, 5) is 24.0. The van der Waals surface area contributed by atoms with E-state index in [1.165, 1.54) is 36.6 Å². The lowest BCUT2D eigenvalue weighted by Crippen LogP contribution is -2.61. The molecule has 32 heavy (non-hydrogen) atoms. The zero-order valence-electron chi connectivity index (χ0n) is 16.2. The molecule has 1 unspecified atom stereocenters. The van der Waals surface area contributed by atoms with Crippen molar-refractivity contribution < 1.29 is 49.3 Å². The number of aliphatic carboxylic acids is 1. The van der Waals surface area contributed by atoms with Gasteiger partial charge in [0, 0.05) is 12.1 Å². The van der Waals surface area contributed by atoms with Gasteiger partial charge in [0.1, 0.15) is 52.8 Å². The molecule has 2 aromatic carbocycles. The van der Waals surface area contributed by atoms with E-state index in [0.29, 0.717) is 5.56 Å². The zero-order valence-corrected chi connectivity index (χ0v) is 16.2. The summed E-state index contributed by atoms with van der Waals surface area (Å²) in [5, 5.41) is 58.1. The lowest BCUT2D eigenvalue weighted by atomic mass is 9.99. The number of fused-ring (bicyclic) bond motifs is 1. The van der Waals surface area contributed by atoms with Gasteiger partial charge in [-0.05, 0) is 17.7 Å². The molecule has 4 rings (SSSR count). The van der Waals surface area contributed by atoms with Gasteiger partial charge in [-0.2, -0.15) is 0 Å². The molecule has 0 amide bonds. The normalized spacial score (nSPS) is 25.5. The minimum Gasteiger partial charge on any atom is -0.508 e. The van der Waals surface area contributed by atoms with Crippen LogP contribution in [-0.4, -0.2) is 67.3 Å². The van der Waals surface area contributed by atoms with E-state index in [-0.39, 0.29) is 28.0 Å². The van der Waals surface area contributed by atoms with Crippen LogP contribution in [0, 0.1) is 0 Å². The number of aliphatic hydroxyl groups excluding tert-OH is 3. The van der Waals surface area contributed by atoms with Gasteiger partial charge in [0.15, 0.2) is 6.10 Å². The fourth-order valence-electron chi connectivity index (χ4n) is 3.41. The van der Waals surface area contributed by atoms with Crippen molar-refractivity contribution in [2.45, 2.75) is 30.7 Å². The minimum atomic E-state index is -1.84. The van der Waals surface area contributed by atoms with Crippen LogP contribution in [0.2, 0.25) is 0 Å². The monoisotopic (exact) mass is 446 g/mol. The van der Waals surface area contributed by atoms with Crippen LogP contribution in [0.4, 0.5) is 0 Å². The van der Waals surface area contributed by atoms with Crippen molar-refractivity contribution >= 4 is 16.9 Å². The molecule has 11 nitrogen and oxygen atoms in total. The summed E-state index contributed by atoms with van der Waals surface area (Å²) in [5.41, 5.74) is -0.0221. The third-order valence-electron chi connectivity index (χ3n) is 5.07. The molecule has 6 N–H and O–H groups in total.